The quantitative estimate of drug-likeness (QED) is 0.667. The summed E-state index contributed by atoms with van der Waals surface area (Å²) in [4.78, 5) is 13.1. The Morgan fingerprint density at radius 1 is 1.24 bits per heavy atom. The highest BCUT2D eigenvalue weighted by atomic mass is 79.9. The van der Waals surface area contributed by atoms with Gasteiger partial charge >= 0.3 is 0 Å². The van der Waals surface area contributed by atoms with Crippen LogP contribution in [0, 0.1) is 13.8 Å². The molecule has 0 saturated heterocycles. The molecule has 0 saturated carbocycles. The lowest BCUT2D eigenvalue weighted by Crippen LogP contribution is -2.02. The predicted octanol–water partition coefficient (Wildman–Crippen LogP) is 5.12. The summed E-state index contributed by atoms with van der Waals surface area (Å²) >= 11 is 8.26. The Balaban J connectivity index is 2.47. The molecule has 0 aliphatic carbocycles. The lowest BCUT2D eigenvalue weighted by Gasteiger charge is -2.05. The van der Waals surface area contributed by atoms with Gasteiger partial charge in [-0.05, 0) is 62.9 Å². The van der Waals surface area contributed by atoms with Gasteiger partial charge in [-0.1, -0.05) is 18.2 Å². The van der Waals surface area contributed by atoms with Crippen LogP contribution in [0.15, 0.2) is 32.5 Å². The molecule has 0 unspecified atom stereocenters. The molecule has 0 aliphatic heterocycles. The van der Waals surface area contributed by atoms with E-state index in [0.717, 1.165) is 29.8 Å². The largest absolute Gasteiger partial charge is 0.288 e. The summed E-state index contributed by atoms with van der Waals surface area (Å²) in [5.41, 5.74) is 2.98. The van der Waals surface area contributed by atoms with Crippen LogP contribution in [0.2, 0.25) is 0 Å². The van der Waals surface area contributed by atoms with E-state index in [1.807, 2.05) is 38.1 Å². The molecule has 0 N–H and O–H groups in total. The average Bonchev–Trinajstić information content (AvgIpc) is 2.62. The molecule has 1 aromatic carbocycles. The summed E-state index contributed by atoms with van der Waals surface area (Å²) in [6.07, 6.45) is 0. The second kappa shape index (κ2) is 5.04. The van der Waals surface area contributed by atoms with Crippen molar-refractivity contribution in [2.75, 3.05) is 0 Å². The highest BCUT2D eigenvalue weighted by Crippen LogP contribution is 2.34. The van der Waals surface area contributed by atoms with Crippen molar-refractivity contribution in [2.24, 2.45) is 0 Å². The molecule has 1 nitrogen and oxygen atoms in total. The predicted molar refractivity (Wildman–Crippen MR) is 79.1 cm³/mol. The van der Waals surface area contributed by atoms with Gasteiger partial charge < -0.3 is 0 Å². The van der Waals surface area contributed by atoms with Gasteiger partial charge in [0.15, 0.2) is 0 Å². The van der Waals surface area contributed by atoms with Crippen LogP contribution in [0.25, 0.3) is 0 Å². The second-order valence-corrected chi connectivity index (χ2v) is 7.03. The fourth-order valence-electron chi connectivity index (χ4n) is 1.59. The average molecular weight is 374 g/mol. The third-order valence-electron chi connectivity index (χ3n) is 2.72. The lowest BCUT2D eigenvalue weighted by atomic mass is 9.99. The Bertz CT molecular complexity index is 568. The van der Waals surface area contributed by atoms with Crippen molar-refractivity contribution in [1.29, 1.82) is 0 Å². The third kappa shape index (κ3) is 2.54. The summed E-state index contributed by atoms with van der Waals surface area (Å²) < 4.78 is 1.88. The minimum atomic E-state index is 0.0857. The maximum Gasteiger partial charge on any atom is 0.203 e. The van der Waals surface area contributed by atoms with Gasteiger partial charge in [-0.3, -0.25) is 4.79 Å². The van der Waals surface area contributed by atoms with Gasteiger partial charge in [-0.2, -0.15) is 0 Å². The molecule has 0 bridgehead atoms. The number of ketones is 1. The summed E-state index contributed by atoms with van der Waals surface area (Å²) in [6.45, 7) is 4.01. The number of benzene rings is 1. The number of aryl methyl sites for hydroxylation is 1. The van der Waals surface area contributed by atoms with E-state index in [9.17, 15) is 4.79 Å². The minimum absolute atomic E-state index is 0.0857. The van der Waals surface area contributed by atoms with E-state index < -0.39 is 0 Å². The van der Waals surface area contributed by atoms with Crippen LogP contribution >= 0.6 is 43.2 Å². The van der Waals surface area contributed by atoms with Gasteiger partial charge in [-0.25, -0.2) is 0 Å². The maximum atomic E-state index is 12.4. The van der Waals surface area contributed by atoms with Crippen LogP contribution < -0.4 is 0 Å². The lowest BCUT2D eigenvalue weighted by molar-refractivity contribution is 0.104. The van der Waals surface area contributed by atoms with Crippen LogP contribution in [0.3, 0.4) is 0 Å². The number of hydrogen-bond acceptors (Lipinski definition) is 2. The first-order valence-electron chi connectivity index (χ1n) is 5.06. The number of rotatable bonds is 2. The number of halogens is 2. The van der Waals surface area contributed by atoms with E-state index in [1.54, 1.807) is 0 Å². The Morgan fingerprint density at radius 2 is 1.94 bits per heavy atom. The smallest absolute Gasteiger partial charge is 0.203 e. The first-order chi connectivity index (χ1) is 8.00. The van der Waals surface area contributed by atoms with E-state index in [2.05, 4.69) is 31.9 Å². The summed E-state index contributed by atoms with van der Waals surface area (Å²) in [6, 6.07) is 7.69. The number of hydrogen-bond donors (Lipinski definition) is 0. The Labute approximate surface area is 121 Å². The molecule has 0 amide bonds. The van der Waals surface area contributed by atoms with E-state index in [4.69, 9.17) is 0 Å². The molecule has 1 heterocycles. The SMILES string of the molecule is Cc1cccc(C(=O)c2cc(Br)c(Br)s2)c1C. The zero-order valence-corrected chi connectivity index (χ0v) is 13.4. The molecule has 1 aromatic heterocycles. The van der Waals surface area contributed by atoms with E-state index in [-0.39, 0.29) is 5.78 Å². The zero-order valence-electron chi connectivity index (χ0n) is 9.38. The molecule has 2 rings (SSSR count). The topological polar surface area (TPSA) is 17.1 Å². The minimum Gasteiger partial charge on any atom is -0.288 e. The Hall–Kier alpha value is -0.450. The normalized spacial score (nSPS) is 10.6. The number of carbonyl (C=O) groups is 1. The molecular formula is C13H10Br2OS. The molecule has 88 valence electrons. The summed E-state index contributed by atoms with van der Waals surface area (Å²) in [7, 11) is 0. The van der Waals surface area contributed by atoms with Gasteiger partial charge in [-0.15, -0.1) is 11.3 Å². The van der Waals surface area contributed by atoms with Crippen molar-refractivity contribution >= 4 is 49.0 Å². The van der Waals surface area contributed by atoms with Gasteiger partial charge in [0.05, 0.1) is 8.66 Å². The molecule has 4 heteroatoms. The van der Waals surface area contributed by atoms with Crippen LogP contribution in [0.4, 0.5) is 0 Å². The monoisotopic (exact) mass is 372 g/mol. The Kier molecular flexibility index (Phi) is 3.85. The van der Waals surface area contributed by atoms with E-state index in [0.29, 0.717) is 0 Å². The number of thiophene rings is 1. The first-order valence-corrected chi connectivity index (χ1v) is 7.46. The molecule has 17 heavy (non-hydrogen) atoms. The summed E-state index contributed by atoms with van der Waals surface area (Å²) in [5.74, 6) is 0.0857. The van der Waals surface area contributed by atoms with E-state index in [1.165, 1.54) is 11.3 Å². The molecule has 0 radical (unpaired) electrons. The highest BCUT2D eigenvalue weighted by Gasteiger charge is 2.16. The van der Waals surface area contributed by atoms with Crippen LogP contribution in [-0.2, 0) is 0 Å². The molecule has 2 aromatic rings. The second-order valence-electron chi connectivity index (χ2n) is 3.81. The van der Waals surface area contributed by atoms with Crippen molar-refractivity contribution < 1.29 is 4.79 Å². The summed E-state index contributed by atoms with van der Waals surface area (Å²) in [5, 5.41) is 0. The fourth-order valence-corrected chi connectivity index (χ4v) is 3.58. The molecule has 0 fully saturated rings. The fraction of sp³-hybridized carbons (Fsp3) is 0.154. The van der Waals surface area contributed by atoms with Crippen LogP contribution in [0.1, 0.15) is 26.4 Å². The van der Waals surface area contributed by atoms with Crippen molar-refractivity contribution in [1.82, 2.24) is 0 Å². The van der Waals surface area contributed by atoms with Crippen molar-refractivity contribution in [3.05, 3.63) is 54.1 Å². The molecule has 0 spiro atoms. The van der Waals surface area contributed by atoms with Crippen molar-refractivity contribution in [2.45, 2.75) is 13.8 Å². The molecule has 0 atom stereocenters. The maximum absolute atomic E-state index is 12.4. The first kappa shape index (κ1) is 13.0. The van der Waals surface area contributed by atoms with Gasteiger partial charge in [0.25, 0.3) is 0 Å². The van der Waals surface area contributed by atoms with Crippen LogP contribution in [0.5, 0.6) is 0 Å². The van der Waals surface area contributed by atoms with Crippen molar-refractivity contribution in [3.8, 4) is 0 Å². The molecule has 0 aliphatic rings. The van der Waals surface area contributed by atoms with Gasteiger partial charge in [0, 0.05) is 10.0 Å². The number of carbonyl (C=O) groups excluding carboxylic acids is 1. The van der Waals surface area contributed by atoms with Gasteiger partial charge in [0.1, 0.15) is 0 Å². The zero-order chi connectivity index (χ0) is 12.6. The molecular weight excluding hydrogens is 364 g/mol. The van der Waals surface area contributed by atoms with Crippen LogP contribution in [-0.4, -0.2) is 5.78 Å². The third-order valence-corrected chi connectivity index (χ3v) is 5.97. The highest BCUT2D eigenvalue weighted by molar-refractivity contribution is 9.13. The van der Waals surface area contributed by atoms with E-state index >= 15 is 0 Å². The van der Waals surface area contributed by atoms with Crippen molar-refractivity contribution in [3.63, 3.8) is 0 Å². The Morgan fingerprint density at radius 3 is 2.53 bits per heavy atom. The standard InChI is InChI=1S/C13H10Br2OS/c1-7-4-3-5-9(8(7)2)12(16)11-6-10(14)13(15)17-11/h3-6H,1-2H3. The van der Waals surface area contributed by atoms with Gasteiger partial charge in [0.2, 0.25) is 5.78 Å².